The monoisotopic (exact) mass is 289 g/mol. The molecule has 0 radical (unpaired) electrons. The second-order valence-electron chi connectivity index (χ2n) is 5.29. The van der Waals surface area contributed by atoms with Crippen molar-refractivity contribution in [3.05, 3.63) is 44.4 Å². The minimum absolute atomic E-state index is 0.0430. The standard InChI is InChI=1S/C16H19NO4/c1-4-10-5-12-14(6-11(10)8-21-9(2)3)17-7-13(15(12)18)16(19)20/h5-10,17H,4H2,1-3H3,(H,19,20). The summed E-state index contributed by atoms with van der Waals surface area (Å²) in [5, 5.41) is 10.1. The van der Waals surface area contributed by atoms with Crippen LogP contribution in [0.25, 0.3) is 12.2 Å². The van der Waals surface area contributed by atoms with Gasteiger partial charge in [-0.1, -0.05) is 13.0 Å². The molecule has 1 aliphatic carbocycles. The fourth-order valence-corrected chi connectivity index (χ4v) is 2.27. The van der Waals surface area contributed by atoms with Gasteiger partial charge in [-0.3, -0.25) is 4.79 Å². The largest absolute Gasteiger partial charge is 0.498 e. The predicted octanol–water partition coefficient (Wildman–Crippen LogP) is 0.983. The Bertz CT molecular complexity index is 755. The summed E-state index contributed by atoms with van der Waals surface area (Å²) in [6.45, 7) is 5.90. The smallest absolute Gasteiger partial charge is 0.341 e. The Balaban J connectivity index is 2.62. The van der Waals surface area contributed by atoms with E-state index >= 15 is 0 Å². The third-order valence-electron chi connectivity index (χ3n) is 3.40. The Hall–Kier alpha value is -2.30. The number of aromatic nitrogens is 1. The summed E-state index contributed by atoms with van der Waals surface area (Å²) in [5.41, 5.74) is 0.284. The molecule has 0 saturated heterocycles. The van der Waals surface area contributed by atoms with Gasteiger partial charge in [-0.05, 0) is 31.9 Å². The zero-order valence-corrected chi connectivity index (χ0v) is 12.3. The maximum atomic E-state index is 12.2. The van der Waals surface area contributed by atoms with Crippen LogP contribution in [-0.4, -0.2) is 22.2 Å². The first-order valence-electron chi connectivity index (χ1n) is 6.98. The molecule has 1 atom stereocenters. The number of nitrogens with one attached hydrogen (secondary N) is 1. The third kappa shape index (κ3) is 3.07. The van der Waals surface area contributed by atoms with E-state index in [9.17, 15) is 9.59 Å². The van der Waals surface area contributed by atoms with Crippen molar-refractivity contribution in [1.82, 2.24) is 4.98 Å². The summed E-state index contributed by atoms with van der Waals surface area (Å²) in [5.74, 6) is -1.17. The van der Waals surface area contributed by atoms with Crippen molar-refractivity contribution in [3.63, 3.8) is 0 Å². The van der Waals surface area contributed by atoms with Crippen LogP contribution in [0.1, 0.15) is 37.6 Å². The fourth-order valence-electron chi connectivity index (χ4n) is 2.27. The Morgan fingerprint density at radius 3 is 2.81 bits per heavy atom. The zero-order chi connectivity index (χ0) is 15.6. The van der Waals surface area contributed by atoms with Crippen molar-refractivity contribution in [3.8, 4) is 0 Å². The molecule has 1 aromatic rings. The third-order valence-corrected chi connectivity index (χ3v) is 3.40. The van der Waals surface area contributed by atoms with Gasteiger partial charge in [-0.2, -0.15) is 0 Å². The van der Waals surface area contributed by atoms with E-state index in [0.717, 1.165) is 12.0 Å². The maximum Gasteiger partial charge on any atom is 0.341 e. The van der Waals surface area contributed by atoms with Crippen LogP contribution < -0.4 is 16.0 Å². The molecular formula is C16H19NO4. The molecule has 1 aromatic heterocycles. The van der Waals surface area contributed by atoms with Crippen LogP contribution in [0.4, 0.5) is 0 Å². The average molecular weight is 289 g/mol. The normalized spacial score (nSPS) is 18.9. The Morgan fingerprint density at radius 2 is 2.24 bits per heavy atom. The number of aromatic amines is 1. The van der Waals surface area contributed by atoms with Crippen LogP contribution in [0, 0.1) is 5.92 Å². The number of carboxylic acid groups (broad SMARTS) is 1. The average Bonchev–Trinajstić information content (AvgIpc) is 2.44. The van der Waals surface area contributed by atoms with Crippen molar-refractivity contribution in [1.29, 1.82) is 0 Å². The van der Waals surface area contributed by atoms with E-state index in [1.54, 1.807) is 6.26 Å². The van der Waals surface area contributed by atoms with Gasteiger partial charge in [0.1, 0.15) is 5.56 Å². The maximum absolute atomic E-state index is 12.2. The molecule has 2 N–H and O–H groups in total. The number of carboxylic acids is 1. The number of rotatable bonds is 4. The minimum Gasteiger partial charge on any atom is -0.498 e. The van der Waals surface area contributed by atoms with Crippen LogP contribution in [0.5, 0.6) is 0 Å². The lowest BCUT2D eigenvalue weighted by atomic mass is 9.91. The summed E-state index contributed by atoms with van der Waals surface area (Å²) in [6.07, 6.45) is 7.50. The van der Waals surface area contributed by atoms with Gasteiger partial charge < -0.3 is 14.8 Å². The van der Waals surface area contributed by atoms with E-state index in [1.165, 1.54) is 6.20 Å². The van der Waals surface area contributed by atoms with Crippen LogP contribution in [-0.2, 0) is 4.74 Å². The number of fused-ring (bicyclic) bond motifs is 1. The predicted molar refractivity (Wildman–Crippen MR) is 80.3 cm³/mol. The highest BCUT2D eigenvalue weighted by atomic mass is 16.5. The molecule has 1 heterocycles. The Kier molecular flexibility index (Phi) is 4.31. The molecule has 0 aliphatic heterocycles. The summed E-state index contributed by atoms with van der Waals surface area (Å²) in [7, 11) is 0. The van der Waals surface area contributed by atoms with Gasteiger partial charge in [0, 0.05) is 22.7 Å². The molecule has 2 rings (SSSR count). The first-order valence-corrected chi connectivity index (χ1v) is 6.98. The minimum atomic E-state index is -1.22. The summed E-state index contributed by atoms with van der Waals surface area (Å²) < 4.78 is 5.52. The van der Waals surface area contributed by atoms with Crippen molar-refractivity contribution in [2.24, 2.45) is 5.92 Å². The first kappa shape index (κ1) is 15.1. The SMILES string of the molecule is CCC1C=c2c([nH]cc(C(=O)O)c2=O)=CC1=COC(C)C. The second kappa shape index (κ2) is 5.99. The molecule has 112 valence electrons. The molecule has 1 aliphatic rings. The molecular weight excluding hydrogens is 270 g/mol. The first-order chi connectivity index (χ1) is 9.93. The number of aromatic carboxylic acids is 1. The summed E-state index contributed by atoms with van der Waals surface area (Å²) in [6, 6.07) is 0. The van der Waals surface area contributed by atoms with E-state index in [-0.39, 0.29) is 17.6 Å². The van der Waals surface area contributed by atoms with Gasteiger partial charge in [0.15, 0.2) is 0 Å². The highest BCUT2D eigenvalue weighted by Gasteiger charge is 2.16. The molecule has 5 heteroatoms. The summed E-state index contributed by atoms with van der Waals surface area (Å²) >= 11 is 0. The van der Waals surface area contributed by atoms with Gasteiger partial charge >= 0.3 is 5.97 Å². The number of hydrogen-bond donors (Lipinski definition) is 2. The molecule has 0 aromatic carbocycles. The molecule has 0 amide bonds. The zero-order valence-electron chi connectivity index (χ0n) is 12.3. The van der Waals surface area contributed by atoms with Crippen LogP contribution in [0.3, 0.4) is 0 Å². The van der Waals surface area contributed by atoms with Crippen LogP contribution >= 0.6 is 0 Å². The highest BCUT2D eigenvalue weighted by Crippen LogP contribution is 2.19. The van der Waals surface area contributed by atoms with Gasteiger partial charge in [0.05, 0.1) is 12.4 Å². The lowest BCUT2D eigenvalue weighted by molar-refractivity contribution is 0.0695. The Labute approximate surface area is 122 Å². The van der Waals surface area contributed by atoms with Crippen molar-refractivity contribution in [2.75, 3.05) is 0 Å². The number of H-pyrrole nitrogens is 1. The number of hydrogen-bond acceptors (Lipinski definition) is 3. The fraction of sp³-hybridized carbons (Fsp3) is 0.375. The lowest BCUT2D eigenvalue weighted by Gasteiger charge is -2.16. The lowest BCUT2D eigenvalue weighted by Crippen LogP contribution is -2.46. The van der Waals surface area contributed by atoms with Crippen molar-refractivity contribution in [2.45, 2.75) is 33.3 Å². The van der Waals surface area contributed by atoms with Gasteiger partial charge in [-0.25, -0.2) is 4.79 Å². The molecule has 0 bridgehead atoms. The molecule has 1 unspecified atom stereocenters. The van der Waals surface area contributed by atoms with E-state index < -0.39 is 11.4 Å². The van der Waals surface area contributed by atoms with E-state index in [0.29, 0.717) is 10.6 Å². The highest BCUT2D eigenvalue weighted by molar-refractivity contribution is 5.87. The number of ether oxygens (including phenoxy) is 1. The van der Waals surface area contributed by atoms with E-state index in [1.807, 2.05) is 32.9 Å². The molecule has 21 heavy (non-hydrogen) atoms. The molecule has 0 saturated carbocycles. The number of allylic oxidation sites excluding steroid dienone is 1. The van der Waals surface area contributed by atoms with Gasteiger partial charge in [0.25, 0.3) is 0 Å². The van der Waals surface area contributed by atoms with Crippen LogP contribution in [0.15, 0.2) is 22.8 Å². The van der Waals surface area contributed by atoms with Crippen molar-refractivity contribution < 1.29 is 14.6 Å². The van der Waals surface area contributed by atoms with E-state index in [2.05, 4.69) is 4.98 Å². The van der Waals surface area contributed by atoms with Crippen LogP contribution in [0.2, 0.25) is 0 Å². The molecule has 5 nitrogen and oxygen atoms in total. The van der Waals surface area contributed by atoms with Gasteiger partial charge in [0.2, 0.25) is 5.43 Å². The Morgan fingerprint density at radius 1 is 1.52 bits per heavy atom. The number of carbonyl (C=O) groups is 1. The van der Waals surface area contributed by atoms with Crippen molar-refractivity contribution >= 4 is 18.1 Å². The van der Waals surface area contributed by atoms with E-state index in [4.69, 9.17) is 9.84 Å². The molecule has 0 spiro atoms. The number of pyridine rings is 1. The molecule has 0 fully saturated rings. The topological polar surface area (TPSA) is 79.4 Å². The van der Waals surface area contributed by atoms with Gasteiger partial charge in [-0.15, -0.1) is 0 Å². The summed E-state index contributed by atoms with van der Waals surface area (Å²) in [4.78, 5) is 26.1. The quantitative estimate of drug-likeness (QED) is 0.810. The second-order valence-corrected chi connectivity index (χ2v) is 5.29.